The molecule has 1 aromatic rings. The largest absolute Gasteiger partial charge is 0.489 e. The van der Waals surface area contributed by atoms with E-state index in [0.29, 0.717) is 17.6 Å². The SMILES string of the molecule is COc1c(N2CCCC2CNC(C)(C)C)nc[nH]c1=O. The number of hydrogen-bond donors (Lipinski definition) is 2. The summed E-state index contributed by atoms with van der Waals surface area (Å²) in [5.74, 6) is 0.949. The lowest BCUT2D eigenvalue weighted by molar-refractivity contribution is 0.394. The first kappa shape index (κ1) is 14.8. The van der Waals surface area contributed by atoms with E-state index in [1.807, 2.05) is 0 Å². The van der Waals surface area contributed by atoms with Crippen molar-refractivity contribution in [1.29, 1.82) is 0 Å². The fourth-order valence-electron chi connectivity index (χ4n) is 2.52. The zero-order valence-corrected chi connectivity index (χ0v) is 12.7. The Balaban J connectivity index is 2.19. The Hall–Kier alpha value is -1.56. The summed E-state index contributed by atoms with van der Waals surface area (Å²) >= 11 is 0. The van der Waals surface area contributed by atoms with Crippen LogP contribution in [-0.2, 0) is 0 Å². The van der Waals surface area contributed by atoms with Crippen molar-refractivity contribution in [3.05, 3.63) is 16.7 Å². The van der Waals surface area contributed by atoms with E-state index in [2.05, 4.69) is 41.0 Å². The minimum Gasteiger partial charge on any atom is -0.489 e. The third-order valence-corrected chi connectivity index (χ3v) is 3.51. The molecule has 0 aromatic carbocycles. The number of aromatic nitrogens is 2. The predicted octanol–water partition coefficient (Wildman–Crippen LogP) is 1.14. The van der Waals surface area contributed by atoms with E-state index < -0.39 is 0 Å². The molecule has 1 aliphatic rings. The normalized spacial score (nSPS) is 19.4. The van der Waals surface area contributed by atoms with Crippen LogP contribution in [0.5, 0.6) is 5.75 Å². The van der Waals surface area contributed by atoms with E-state index in [9.17, 15) is 4.79 Å². The monoisotopic (exact) mass is 280 g/mol. The lowest BCUT2D eigenvalue weighted by atomic mass is 10.1. The molecule has 1 aromatic heterocycles. The van der Waals surface area contributed by atoms with Gasteiger partial charge in [-0.25, -0.2) is 4.98 Å². The van der Waals surface area contributed by atoms with Gasteiger partial charge in [0, 0.05) is 24.7 Å². The molecule has 6 nitrogen and oxygen atoms in total. The highest BCUT2D eigenvalue weighted by Crippen LogP contribution is 2.28. The van der Waals surface area contributed by atoms with Crippen molar-refractivity contribution in [2.75, 3.05) is 25.1 Å². The van der Waals surface area contributed by atoms with Crippen LogP contribution in [0.25, 0.3) is 0 Å². The molecule has 0 amide bonds. The zero-order chi connectivity index (χ0) is 14.8. The number of hydrogen-bond acceptors (Lipinski definition) is 5. The molecule has 2 rings (SSSR count). The second kappa shape index (κ2) is 5.83. The smallest absolute Gasteiger partial charge is 0.295 e. The van der Waals surface area contributed by atoms with Crippen molar-refractivity contribution in [3.63, 3.8) is 0 Å². The van der Waals surface area contributed by atoms with Crippen molar-refractivity contribution in [2.24, 2.45) is 0 Å². The first-order valence-electron chi connectivity index (χ1n) is 7.06. The van der Waals surface area contributed by atoms with Gasteiger partial charge in [-0.3, -0.25) is 4.79 Å². The summed E-state index contributed by atoms with van der Waals surface area (Å²) in [6, 6.07) is 0.345. The number of ether oxygens (including phenoxy) is 1. The minimum atomic E-state index is -0.230. The van der Waals surface area contributed by atoms with Crippen molar-refractivity contribution < 1.29 is 4.74 Å². The minimum absolute atomic E-state index is 0.0833. The van der Waals surface area contributed by atoms with Crippen LogP contribution in [0.1, 0.15) is 33.6 Å². The maximum absolute atomic E-state index is 11.8. The van der Waals surface area contributed by atoms with E-state index in [-0.39, 0.29) is 11.1 Å². The van der Waals surface area contributed by atoms with Gasteiger partial charge in [-0.2, -0.15) is 0 Å². The Kier molecular flexibility index (Phi) is 4.32. The Bertz CT molecular complexity index is 507. The highest BCUT2D eigenvalue weighted by molar-refractivity contribution is 5.52. The number of aromatic amines is 1. The quantitative estimate of drug-likeness (QED) is 0.865. The molecule has 0 saturated carbocycles. The van der Waals surface area contributed by atoms with E-state index in [1.165, 1.54) is 13.4 Å². The van der Waals surface area contributed by atoms with Crippen molar-refractivity contribution in [1.82, 2.24) is 15.3 Å². The molecule has 1 saturated heterocycles. The van der Waals surface area contributed by atoms with Gasteiger partial charge in [-0.1, -0.05) is 0 Å². The van der Waals surface area contributed by atoms with Crippen LogP contribution in [0, 0.1) is 0 Å². The molecule has 6 heteroatoms. The summed E-state index contributed by atoms with van der Waals surface area (Å²) < 4.78 is 5.21. The van der Waals surface area contributed by atoms with E-state index in [1.54, 1.807) is 0 Å². The molecule has 0 bridgehead atoms. The van der Waals surface area contributed by atoms with Crippen LogP contribution in [0.3, 0.4) is 0 Å². The summed E-state index contributed by atoms with van der Waals surface area (Å²) in [6.07, 6.45) is 3.64. The molecule has 1 atom stereocenters. The lowest BCUT2D eigenvalue weighted by Crippen LogP contribution is -2.45. The summed E-state index contributed by atoms with van der Waals surface area (Å²) in [5, 5.41) is 3.52. The highest BCUT2D eigenvalue weighted by Gasteiger charge is 2.29. The van der Waals surface area contributed by atoms with Gasteiger partial charge < -0.3 is 19.9 Å². The van der Waals surface area contributed by atoms with Gasteiger partial charge >= 0.3 is 0 Å². The Morgan fingerprint density at radius 3 is 2.95 bits per heavy atom. The number of rotatable bonds is 4. The van der Waals surface area contributed by atoms with Gasteiger partial charge in [0.1, 0.15) is 0 Å². The Morgan fingerprint density at radius 2 is 2.30 bits per heavy atom. The first-order valence-corrected chi connectivity index (χ1v) is 7.06. The second-order valence-corrected chi connectivity index (χ2v) is 6.21. The summed E-state index contributed by atoms with van der Waals surface area (Å²) in [5.41, 5.74) is -0.146. The van der Waals surface area contributed by atoms with Crippen LogP contribution < -0.4 is 20.5 Å². The fraction of sp³-hybridized carbons (Fsp3) is 0.714. The number of anilines is 1. The maximum atomic E-state index is 11.8. The average molecular weight is 280 g/mol. The molecule has 0 aliphatic carbocycles. The summed E-state index contributed by atoms with van der Waals surface area (Å²) in [6.45, 7) is 8.24. The van der Waals surface area contributed by atoms with Crippen LogP contribution >= 0.6 is 0 Å². The number of nitrogens with zero attached hydrogens (tertiary/aromatic N) is 2. The molecular formula is C14H24N4O2. The summed E-state index contributed by atoms with van der Waals surface area (Å²) in [7, 11) is 1.51. The Morgan fingerprint density at radius 1 is 1.55 bits per heavy atom. The van der Waals surface area contributed by atoms with Crippen molar-refractivity contribution in [3.8, 4) is 5.75 Å². The van der Waals surface area contributed by atoms with Crippen LogP contribution in [-0.4, -0.2) is 41.7 Å². The van der Waals surface area contributed by atoms with E-state index in [0.717, 1.165) is 25.9 Å². The van der Waals surface area contributed by atoms with E-state index >= 15 is 0 Å². The number of methoxy groups -OCH3 is 1. The summed E-state index contributed by atoms with van der Waals surface area (Å²) in [4.78, 5) is 20.8. The average Bonchev–Trinajstić information content (AvgIpc) is 2.83. The predicted molar refractivity (Wildman–Crippen MR) is 79.5 cm³/mol. The zero-order valence-electron chi connectivity index (χ0n) is 12.7. The Labute approximate surface area is 119 Å². The van der Waals surface area contributed by atoms with Crippen LogP contribution in [0.4, 0.5) is 5.82 Å². The number of nitrogens with one attached hydrogen (secondary N) is 2. The van der Waals surface area contributed by atoms with Gasteiger partial charge in [-0.15, -0.1) is 0 Å². The van der Waals surface area contributed by atoms with Gasteiger partial charge in [0.2, 0.25) is 5.75 Å². The molecule has 0 spiro atoms. The first-order chi connectivity index (χ1) is 9.42. The van der Waals surface area contributed by atoms with Crippen LogP contribution in [0.2, 0.25) is 0 Å². The molecule has 2 N–H and O–H groups in total. The van der Waals surface area contributed by atoms with Gasteiger partial charge in [0.15, 0.2) is 5.82 Å². The highest BCUT2D eigenvalue weighted by atomic mass is 16.5. The van der Waals surface area contributed by atoms with Crippen molar-refractivity contribution >= 4 is 5.82 Å². The fourth-order valence-corrected chi connectivity index (χ4v) is 2.52. The number of H-pyrrole nitrogens is 1. The molecule has 20 heavy (non-hydrogen) atoms. The van der Waals surface area contributed by atoms with Crippen molar-refractivity contribution in [2.45, 2.75) is 45.2 Å². The molecule has 1 fully saturated rings. The third kappa shape index (κ3) is 3.30. The van der Waals surface area contributed by atoms with Gasteiger partial charge in [-0.05, 0) is 33.6 Å². The molecule has 2 heterocycles. The van der Waals surface area contributed by atoms with E-state index in [4.69, 9.17) is 4.74 Å². The molecule has 1 unspecified atom stereocenters. The third-order valence-electron chi connectivity index (χ3n) is 3.51. The molecular weight excluding hydrogens is 256 g/mol. The van der Waals surface area contributed by atoms with Crippen LogP contribution in [0.15, 0.2) is 11.1 Å². The topological polar surface area (TPSA) is 70.2 Å². The molecule has 112 valence electrons. The molecule has 1 aliphatic heterocycles. The van der Waals surface area contributed by atoms with Gasteiger partial charge in [0.05, 0.1) is 13.4 Å². The van der Waals surface area contributed by atoms with Gasteiger partial charge in [0.25, 0.3) is 5.56 Å². The second-order valence-electron chi connectivity index (χ2n) is 6.21. The standard InChI is InChI=1S/C14H24N4O2/c1-14(2,3)17-8-10-6-5-7-18(10)12-11(20-4)13(19)16-9-15-12/h9-10,17H,5-8H2,1-4H3,(H,15,16,19). The maximum Gasteiger partial charge on any atom is 0.295 e. The molecule has 0 radical (unpaired) electrons. The lowest BCUT2D eigenvalue weighted by Gasteiger charge is -2.30.